The number of carbonyl (C=O) groups is 2. The van der Waals surface area contributed by atoms with Gasteiger partial charge in [0.25, 0.3) is 0 Å². The summed E-state index contributed by atoms with van der Waals surface area (Å²) < 4.78 is 10.5. The fraction of sp³-hybridized carbons (Fsp3) is 0.833. The summed E-state index contributed by atoms with van der Waals surface area (Å²) in [6, 6.07) is 0. The maximum atomic E-state index is 11.4. The molecule has 2 atom stereocenters. The van der Waals surface area contributed by atoms with Crippen molar-refractivity contribution in [3.05, 3.63) is 0 Å². The molecule has 2 N–H and O–H groups in total. The van der Waals surface area contributed by atoms with Gasteiger partial charge in [-0.15, -0.1) is 0 Å². The van der Waals surface area contributed by atoms with E-state index in [1.54, 1.807) is 20.8 Å². The number of hydrogen-bond donors (Lipinski definition) is 2. The molecule has 1 saturated heterocycles. The minimum absolute atomic E-state index is 0.131. The zero-order valence-electron chi connectivity index (χ0n) is 11.1. The summed E-state index contributed by atoms with van der Waals surface area (Å²) in [7, 11) is 0. The minimum Gasteiger partial charge on any atom is -0.481 e. The molecule has 2 unspecified atom stereocenters. The first-order valence-electron chi connectivity index (χ1n) is 6.09. The van der Waals surface area contributed by atoms with Crippen LogP contribution in [0.2, 0.25) is 0 Å². The van der Waals surface area contributed by atoms with E-state index in [2.05, 4.69) is 5.32 Å². The number of nitrogens with one attached hydrogen (secondary N) is 1. The normalized spacial score (nSPS) is 24.4. The van der Waals surface area contributed by atoms with E-state index in [9.17, 15) is 9.59 Å². The van der Waals surface area contributed by atoms with Crippen LogP contribution in [0, 0.1) is 5.92 Å². The molecular formula is C12H21NO5. The highest BCUT2D eigenvalue weighted by Gasteiger charge is 2.27. The van der Waals surface area contributed by atoms with Crippen LogP contribution >= 0.6 is 0 Å². The molecule has 0 aromatic carbocycles. The Kier molecular flexibility index (Phi) is 4.95. The van der Waals surface area contributed by atoms with E-state index < -0.39 is 23.6 Å². The summed E-state index contributed by atoms with van der Waals surface area (Å²) in [5, 5.41) is 11.4. The third-order valence-corrected chi connectivity index (χ3v) is 2.59. The van der Waals surface area contributed by atoms with Gasteiger partial charge in [0.05, 0.1) is 18.6 Å². The highest BCUT2D eigenvalue weighted by Crippen LogP contribution is 2.18. The number of amides is 1. The number of hydrogen-bond acceptors (Lipinski definition) is 4. The van der Waals surface area contributed by atoms with E-state index in [-0.39, 0.29) is 12.7 Å². The molecule has 0 saturated carbocycles. The lowest BCUT2D eigenvalue weighted by molar-refractivity contribution is -0.148. The van der Waals surface area contributed by atoms with Gasteiger partial charge in [-0.1, -0.05) is 0 Å². The molecule has 1 fully saturated rings. The molecule has 1 rings (SSSR count). The van der Waals surface area contributed by atoms with Crippen molar-refractivity contribution in [2.24, 2.45) is 5.92 Å². The highest BCUT2D eigenvalue weighted by atomic mass is 16.6. The van der Waals surface area contributed by atoms with E-state index in [0.29, 0.717) is 19.4 Å². The first-order valence-corrected chi connectivity index (χ1v) is 6.09. The molecule has 0 radical (unpaired) electrons. The Hall–Kier alpha value is -1.30. The number of carbonyl (C=O) groups excluding carboxylic acids is 1. The van der Waals surface area contributed by atoms with Crippen LogP contribution in [0.3, 0.4) is 0 Å². The zero-order valence-corrected chi connectivity index (χ0v) is 11.1. The predicted molar refractivity (Wildman–Crippen MR) is 64.3 cm³/mol. The second-order valence-corrected chi connectivity index (χ2v) is 5.45. The van der Waals surface area contributed by atoms with Gasteiger partial charge in [0, 0.05) is 6.54 Å². The number of aliphatic carboxylic acids is 1. The third kappa shape index (κ3) is 5.35. The number of carboxylic acid groups (broad SMARTS) is 1. The molecule has 0 aromatic heterocycles. The van der Waals surface area contributed by atoms with Gasteiger partial charge in [-0.3, -0.25) is 4.79 Å². The topological polar surface area (TPSA) is 84.9 Å². The number of rotatable bonds is 3. The largest absolute Gasteiger partial charge is 0.481 e. The van der Waals surface area contributed by atoms with Gasteiger partial charge in [-0.25, -0.2) is 4.79 Å². The maximum absolute atomic E-state index is 11.4. The van der Waals surface area contributed by atoms with Crippen LogP contribution in [0.4, 0.5) is 4.79 Å². The summed E-state index contributed by atoms with van der Waals surface area (Å²) in [6.07, 6.45) is 0.600. The van der Waals surface area contributed by atoms with Crippen LogP contribution in [0.15, 0.2) is 0 Å². The van der Waals surface area contributed by atoms with Crippen LogP contribution in [0.25, 0.3) is 0 Å². The van der Waals surface area contributed by atoms with Gasteiger partial charge >= 0.3 is 12.1 Å². The quantitative estimate of drug-likeness (QED) is 0.800. The third-order valence-electron chi connectivity index (χ3n) is 2.59. The molecule has 1 aliphatic rings. The predicted octanol–water partition coefficient (Wildman–Crippen LogP) is 1.39. The van der Waals surface area contributed by atoms with Crippen molar-refractivity contribution in [2.45, 2.75) is 45.3 Å². The lowest BCUT2D eigenvalue weighted by atomic mass is 9.99. The van der Waals surface area contributed by atoms with Crippen molar-refractivity contribution >= 4 is 12.1 Å². The van der Waals surface area contributed by atoms with E-state index in [1.807, 2.05) is 0 Å². The molecule has 1 heterocycles. The van der Waals surface area contributed by atoms with E-state index in [0.717, 1.165) is 0 Å². The molecule has 0 bridgehead atoms. The smallest absolute Gasteiger partial charge is 0.407 e. The summed E-state index contributed by atoms with van der Waals surface area (Å²) >= 11 is 0. The van der Waals surface area contributed by atoms with Crippen LogP contribution in [-0.2, 0) is 14.3 Å². The van der Waals surface area contributed by atoms with Gasteiger partial charge in [0.2, 0.25) is 0 Å². The van der Waals surface area contributed by atoms with Crippen molar-refractivity contribution in [1.29, 1.82) is 0 Å². The van der Waals surface area contributed by atoms with Crippen molar-refractivity contribution in [2.75, 3.05) is 13.2 Å². The molecule has 18 heavy (non-hydrogen) atoms. The van der Waals surface area contributed by atoms with Crippen LogP contribution in [0.5, 0.6) is 0 Å². The Morgan fingerprint density at radius 2 is 2.06 bits per heavy atom. The van der Waals surface area contributed by atoms with E-state index in [4.69, 9.17) is 14.6 Å². The van der Waals surface area contributed by atoms with E-state index >= 15 is 0 Å². The van der Waals surface area contributed by atoms with Gasteiger partial charge < -0.3 is 19.9 Å². The number of carboxylic acids is 1. The lowest BCUT2D eigenvalue weighted by Crippen LogP contribution is -2.40. The monoisotopic (exact) mass is 259 g/mol. The average molecular weight is 259 g/mol. The molecule has 6 nitrogen and oxygen atoms in total. The Morgan fingerprint density at radius 1 is 1.39 bits per heavy atom. The summed E-state index contributed by atoms with van der Waals surface area (Å²) in [5.74, 6) is -1.25. The molecule has 1 amide bonds. The lowest BCUT2D eigenvalue weighted by Gasteiger charge is -2.27. The van der Waals surface area contributed by atoms with Crippen molar-refractivity contribution < 1.29 is 24.2 Å². The maximum Gasteiger partial charge on any atom is 0.407 e. The SMILES string of the molecule is CC(C)(C)OC(=O)NCC1CCC(C(=O)O)CO1. The summed E-state index contributed by atoms with van der Waals surface area (Å²) in [6.45, 7) is 5.93. The second kappa shape index (κ2) is 6.04. The van der Waals surface area contributed by atoms with Gasteiger partial charge in [0.15, 0.2) is 0 Å². The molecule has 1 aliphatic heterocycles. The first kappa shape index (κ1) is 14.8. The van der Waals surface area contributed by atoms with E-state index in [1.165, 1.54) is 0 Å². The van der Waals surface area contributed by atoms with Crippen molar-refractivity contribution in [3.63, 3.8) is 0 Å². The summed E-state index contributed by atoms with van der Waals surface area (Å²) in [4.78, 5) is 22.1. The fourth-order valence-corrected chi connectivity index (χ4v) is 1.67. The van der Waals surface area contributed by atoms with Crippen LogP contribution < -0.4 is 5.32 Å². The molecule has 6 heteroatoms. The molecule has 0 aliphatic carbocycles. The molecule has 0 spiro atoms. The Bertz CT molecular complexity index is 302. The van der Waals surface area contributed by atoms with Gasteiger partial charge in [-0.2, -0.15) is 0 Å². The second-order valence-electron chi connectivity index (χ2n) is 5.45. The minimum atomic E-state index is -0.825. The molecule has 0 aromatic rings. The van der Waals surface area contributed by atoms with Crippen LogP contribution in [-0.4, -0.2) is 42.0 Å². The first-order chi connectivity index (χ1) is 8.28. The highest BCUT2D eigenvalue weighted by molar-refractivity contribution is 5.70. The zero-order chi connectivity index (χ0) is 13.8. The molecular weight excluding hydrogens is 238 g/mol. The summed E-state index contributed by atoms with van der Waals surface area (Å²) in [5.41, 5.74) is -0.522. The average Bonchev–Trinajstić information content (AvgIpc) is 2.24. The van der Waals surface area contributed by atoms with Crippen LogP contribution in [0.1, 0.15) is 33.6 Å². The number of alkyl carbamates (subject to hydrolysis) is 1. The Balaban J connectivity index is 2.22. The number of ether oxygens (including phenoxy) is 2. The standard InChI is InChI=1S/C12H21NO5/c1-12(2,3)18-11(16)13-6-9-5-4-8(7-17-9)10(14)15/h8-9H,4-7H2,1-3H3,(H,13,16)(H,14,15). The van der Waals surface area contributed by atoms with Crippen molar-refractivity contribution in [3.8, 4) is 0 Å². The Labute approximate surface area is 107 Å². The molecule has 104 valence electrons. The van der Waals surface area contributed by atoms with Crippen molar-refractivity contribution in [1.82, 2.24) is 5.32 Å². The van der Waals surface area contributed by atoms with Gasteiger partial charge in [-0.05, 0) is 33.6 Å². The fourth-order valence-electron chi connectivity index (χ4n) is 1.67. The van der Waals surface area contributed by atoms with Gasteiger partial charge in [0.1, 0.15) is 5.60 Å². The Morgan fingerprint density at radius 3 is 2.50 bits per heavy atom.